The van der Waals surface area contributed by atoms with Gasteiger partial charge in [-0.2, -0.15) is 0 Å². The van der Waals surface area contributed by atoms with Crippen molar-refractivity contribution in [3.05, 3.63) is 18.2 Å². The zero-order chi connectivity index (χ0) is 21.1. The minimum atomic E-state index is -0.00173. The number of benzene rings is 1. The number of rotatable bonds is 7. The topological polar surface area (TPSA) is 67.9 Å². The largest absolute Gasteiger partial charge is 0.497 e. The van der Waals surface area contributed by atoms with Gasteiger partial charge in [-0.25, -0.2) is 0 Å². The summed E-state index contributed by atoms with van der Waals surface area (Å²) in [5, 5.41) is 2.95. The van der Waals surface area contributed by atoms with E-state index in [1.165, 1.54) is 25.7 Å². The van der Waals surface area contributed by atoms with Gasteiger partial charge in [-0.15, -0.1) is 0 Å². The smallest absolute Gasteiger partial charge is 0.226 e. The molecule has 2 amide bonds. The molecule has 1 aliphatic heterocycles. The van der Waals surface area contributed by atoms with Gasteiger partial charge >= 0.3 is 0 Å². The summed E-state index contributed by atoms with van der Waals surface area (Å²) in [5.74, 6) is 2.50. The maximum absolute atomic E-state index is 12.8. The maximum Gasteiger partial charge on any atom is 0.226 e. The summed E-state index contributed by atoms with van der Waals surface area (Å²) in [6.07, 6.45) is 9.60. The van der Waals surface area contributed by atoms with Gasteiger partial charge in [-0.05, 0) is 62.0 Å². The van der Waals surface area contributed by atoms with Crippen LogP contribution in [-0.2, 0) is 9.59 Å². The second-order valence-electron chi connectivity index (χ2n) is 9.25. The molecule has 1 heterocycles. The number of anilines is 1. The molecule has 1 atom stereocenters. The van der Waals surface area contributed by atoms with E-state index in [4.69, 9.17) is 9.47 Å². The van der Waals surface area contributed by atoms with Crippen LogP contribution < -0.4 is 14.8 Å². The Balaban J connectivity index is 1.19. The molecule has 1 saturated heterocycles. The predicted molar refractivity (Wildman–Crippen MR) is 116 cm³/mol. The molecule has 0 aromatic heterocycles. The first-order valence-electron chi connectivity index (χ1n) is 11.4. The molecular weight excluding hydrogens is 380 g/mol. The second kappa shape index (κ2) is 8.86. The van der Waals surface area contributed by atoms with Crippen LogP contribution in [0.15, 0.2) is 18.2 Å². The number of carbonyl (C=O) groups is 2. The monoisotopic (exact) mass is 414 g/mol. The van der Waals surface area contributed by atoms with Gasteiger partial charge in [0.05, 0.1) is 19.9 Å². The van der Waals surface area contributed by atoms with Crippen molar-refractivity contribution in [3.63, 3.8) is 0 Å². The molecule has 6 nitrogen and oxygen atoms in total. The first-order chi connectivity index (χ1) is 14.5. The van der Waals surface area contributed by atoms with Crippen molar-refractivity contribution in [1.29, 1.82) is 0 Å². The van der Waals surface area contributed by atoms with E-state index >= 15 is 0 Å². The van der Waals surface area contributed by atoms with E-state index in [0.717, 1.165) is 38.8 Å². The third kappa shape index (κ3) is 4.42. The molecule has 2 saturated carbocycles. The number of nitrogens with zero attached hydrogens (tertiary/aromatic N) is 1. The van der Waals surface area contributed by atoms with Gasteiger partial charge in [0, 0.05) is 31.5 Å². The third-order valence-electron chi connectivity index (χ3n) is 7.48. The Labute approximate surface area is 179 Å². The molecular formula is C24H34N2O4. The number of carbonyl (C=O) groups excluding carboxylic acids is 2. The fourth-order valence-corrected chi connectivity index (χ4v) is 5.44. The minimum Gasteiger partial charge on any atom is -0.497 e. The van der Waals surface area contributed by atoms with E-state index in [0.29, 0.717) is 46.8 Å². The molecule has 2 aliphatic carbocycles. The molecule has 30 heavy (non-hydrogen) atoms. The highest BCUT2D eigenvalue weighted by atomic mass is 16.5. The van der Waals surface area contributed by atoms with Crippen molar-refractivity contribution in [1.82, 2.24) is 4.90 Å². The average molecular weight is 415 g/mol. The molecule has 1 aromatic rings. The van der Waals surface area contributed by atoms with Crippen LogP contribution in [0.2, 0.25) is 0 Å². The lowest BCUT2D eigenvalue weighted by atomic mass is 9.91. The molecule has 1 N–H and O–H groups in total. The van der Waals surface area contributed by atoms with Crippen molar-refractivity contribution in [2.24, 2.45) is 17.3 Å². The van der Waals surface area contributed by atoms with Crippen LogP contribution in [0.1, 0.15) is 57.8 Å². The normalized spacial score (nSPS) is 22.7. The lowest BCUT2D eigenvalue weighted by molar-refractivity contribution is -0.135. The number of hydrogen-bond acceptors (Lipinski definition) is 4. The molecule has 0 radical (unpaired) electrons. The zero-order valence-electron chi connectivity index (χ0n) is 18.2. The minimum absolute atomic E-state index is 0.00173. The van der Waals surface area contributed by atoms with Gasteiger partial charge in [0.1, 0.15) is 11.5 Å². The van der Waals surface area contributed by atoms with Gasteiger partial charge < -0.3 is 19.7 Å². The number of nitrogens with one attached hydrogen (secondary N) is 1. The van der Waals surface area contributed by atoms with E-state index in [2.05, 4.69) is 10.2 Å². The standard InChI is InChI=1S/C24H34N2O4/c1-29-18-6-7-20(21(15-18)30-2)25-22(27)8-5-17-9-13-26(14-10-17)23(28)19-16-24(19)11-3-4-12-24/h6-7,15,17,19H,3-5,8-14,16H2,1-2H3,(H,25,27)/t19-/m1/s1. The van der Waals surface area contributed by atoms with Crippen LogP contribution in [0.4, 0.5) is 5.69 Å². The first-order valence-corrected chi connectivity index (χ1v) is 11.4. The Morgan fingerprint density at radius 1 is 1.13 bits per heavy atom. The van der Waals surface area contributed by atoms with Crippen molar-refractivity contribution in [3.8, 4) is 11.5 Å². The van der Waals surface area contributed by atoms with Crippen molar-refractivity contribution in [2.45, 2.75) is 57.8 Å². The summed E-state index contributed by atoms with van der Waals surface area (Å²) in [4.78, 5) is 27.4. The summed E-state index contributed by atoms with van der Waals surface area (Å²) in [5.41, 5.74) is 1.04. The van der Waals surface area contributed by atoms with E-state index in [9.17, 15) is 9.59 Å². The van der Waals surface area contributed by atoms with Crippen LogP contribution in [0.25, 0.3) is 0 Å². The van der Waals surface area contributed by atoms with Gasteiger partial charge in [-0.1, -0.05) is 12.8 Å². The maximum atomic E-state index is 12.8. The highest BCUT2D eigenvalue weighted by Gasteiger charge is 2.59. The number of hydrogen-bond donors (Lipinski definition) is 1. The molecule has 6 heteroatoms. The molecule has 4 rings (SSSR count). The van der Waals surface area contributed by atoms with E-state index in [1.807, 2.05) is 0 Å². The number of likely N-dealkylation sites (tertiary alicyclic amines) is 1. The van der Waals surface area contributed by atoms with E-state index in [1.54, 1.807) is 32.4 Å². The van der Waals surface area contributed by atoms with Gasteiger partial charge in [0.2, 0.25) is 11.8 Å². The van der Waals surface area contributed by atoms with Crippen LogP contribution in [0.3, 0.4) is 0 Å². The highest BCUT2D eigenvalue weighted by Crippen LogP contribution is 2.63. The fourth-order valence-electron chi connectivity index (χ4n) is 5.44. The Morgan fingerprint density at radius 2 is 1.87 bits per heavy atom. The molecule has 0 bridgehead atoms. The van der Waals surface area contributed by atoms with Crippen LogP contribution in [-0.4, -0.2) is 44.0 Å². The summed E-state index contributed by atoms with van der Waals surface area (Å²) in [6.45, 7) is 1.70. The molecule has 164 valence electrons. The zero-order valence-corrected chi connectivity index (χ0v) is 18.2. The lowest BCUT2D eigenvalue weighted by Gasteiger charge is -2.32. The molecule has 1 spiro atoms. The van der Waals surface area contributed by atoms with Crippen molar-refractivity contribution < 1.29 is 19.1 Å². The number of amides is 2. The lowest BCUT2D eigenvalue weighted by Crippen LogP contribution is -2.40. The molecule has 1 aromatic carbocycles. The third-order valence-corrected chi connectivity index (χ3v) is 7.48. The summed E-state index contributed by atoms with van der Waals surface area (Å²) >= 11 is 0. The summed E-state index contributed by atoms with van der Waals surface area (Å²) < 4.78 is 10.5. The summed E-state index contributed by atoms with van der Waals surface area (Å²) in [7, 11) is 3.18. The van der Waals surface area contributed by atoms with Crippen LogP contribution >= 0.6 is 0 Å². The SMILES string of the molecule is COc1ccc(NC(=O)CCC2CCN(C(=O)[C@H]3CC34CCCC4)CC2)c(OC)c1. The predicted octanol–water partition coefficient (Wildman–Crippen LogP) is 4.24. The number of piperidine rings is 1. The Kier molecular flexibility index (Phi) is 6.21. The van der Waals surface area contributed by atoms with Crippen LogP contribution in [0.5, 0.6) is 11.5 Å². The Hall–Kier alpha value is -2.24. The summed E-state index contributed by atoms with van der Waals surface area (Å²) in [6, 6.07) is 5.37. The fraction of sp³-hybridized carbons (Fsp3) is 0.667. The first kappa shape index (κ1) is 21.0. The van der Waals surface area contributed by atoms with Crippen LogP contribution in [0, 0.1) is 17.3 Å². The number of methoxy groups -OCH3 is 2. The quantitative estimate of drug-likeness (QED) is 0.725. The van der Waals surface area contributed by atoms with Gasteiger partial charge in [0.25, 0.3) is 0 Å². The molecule has 0 unspecified atom stereocenters. The van der Waals surface area contributed by atoms with Crippen molar-refractivity contribution >= 4 is 17.5 Å². The van der Waals surface area contributed by atoms with Crippen molar-refractivity contribution in [2.75, 3.05) is 32.6 Å². The van der Waals surface area contributed by atoms with Gasteiger partial charge in [0.15, 0.2) is 0 Å². The molecule has 3 fully saturated rings. The second-order valence-corrected chi connectivity index (χ2v) is 9.25. The Morgan fingerprint density at radius 3 is 2.53 bits per heavy atom. The van der Waals surface area contributed by atoms with E-state index in [-0.39, 0.29) is 5.91 Å². The highest BCUT2D eigenvalue weighted by molar-refractivity contribution is 5.92. The van der Waals surface area contributed by atoms with Gasteiger partial charge in [-0.3, -0.25) is 9.59 Å². The van der Waals surface area contributed by atoms with E-state index < -0.39 is 0 Å². The molecule has 3 aliphatic rings. The number of ether oxygens (including phenoxy) is 2. The Bertz CT molecular complexity index is 779. The average Bonchev–Trinajstić information content (AvgIpc) is 3.28.